The molecule has 0 atom stereocenters. The third-order valence-corrected chi connectivity index (χ3v) is 4.26. The van der Waals surface area contributed by atoms with Crippen molar-refractivity contribution < 1.29 is 4.79 Å². The van der Waals surface area contributed by atoms with Crippen LogP contribution in [0.25, 0.3) is 11.3 Å². The van der Waals surface area contributed by atoms with Gasteiger partial charge in [0.2, 0.25) is 5.91 Å². The number of hydrogen-bond donors (Lipinski definition) is 1. The Kier molecular flexibility index (Phi) is 5.59. The van der Waals surface area contributed by atoms with Crippen LogP contribution < -0.4 is 10.2 Å². The third-order valence-electron chi connectivity index (χ3n) is 3.11. The predicted molar refractivity (Wildman–Crippen MR) is 90.5 cm³/mol. The van der Waals surface area contributed by atoms with Crippen molar-refractivity contribution in [3.05, 3.63) is 29.6 Å². The van der Waals surface area contributed by atoms with Crippen molar-refractivity contribution in [1.29, 1.82) is 0 Å². The maximum atomic E-state index is 11.2. The summed E-state index contributed by atoms with van der Waals surface area (Å²) < 4.78 is 0. The summed E-state index contributed by atoms with van der Waals surface area (Å²) in [4.78, 5) is 18.1. The molecular formula is C15H18ClN3OS. The maximum Gasteiger partial charge on any atom is 0.239 e. The van der Waals surface area contributed by atoms with E-state index in [1.54, 1.807) is 11.3 Å². The molecule has 0 aliphatic carbocycles. The fraction of sp³-hybridized carbons (Fsp3) is 0.333. The van der Waals surface area contributed by atoms with Gasteiger partial charge in [-0.2, -0.15) is 0 Å². The average Bonchev–Trinajstić information content (AvgIpc) is 2.99. The van der Waals surface area contributed by atoms with E-state index in [-0.39, 0.29) is 11.8 Å². The van der Waals surface area contributed by atoms with Crippen LogP contribution in [-0.2, 0) is 4.79 Å². The van der Waals surface area contributed by atoms with Gasteiger partial charge in [0, 0.05) is 29.7 Å². The lowest BCUT2D eigenvalue weighted by molar-refractivity contribution is -0.113. The summed E-state index contributed by atoms with van der Waals surface area (Å²) in [6.07, 6.45) is 0. The van der Waals surface area contributed by atoms with Gasteiger partial charge < -0.3 is 10.2 Å². The number of thiazole rings is 1. The molecule has 0 saturated heterocycles. The molecule has 21 heavy (non-hydrogen) atoms. The zero-order chi connectivity index (χ0) is 15.2. The minimum Gasteiger partial charge on any atom is -0.349 e. The van der Waals surface area contributed by atoms with Crippen LogP contribution in [0.15, 0.2) is 29.6 Å². The molecule has 0 spiro atoms. The Labute approximate surface area is 133 Å². The molecule has 4 nitrogen and oxygen atoms in total. The fourth-order valence-electron chi connectivity index (χ4n) is 1.95. The molecule has 2 rings (SSSR count). The molecule has 1 amide bonds. The Hall–Kier alpha value is -1.59. The van der Waals surface area contributed by atoms with Gasteiger partial charge in [0.1, 0.15) is 5.88 Å². The van der Waals surface area contributed by atoms with Gasteiger partial charge >= 0.3 is 0 Å². The Morgan fingerprint density at radius 1 is 1.29 bits per heavy atom. The minimum atomic E-state index is -0.207. The molecule has 0 bridgehead atoms. The Balaban J connectivity index is 2.13. The van der Waals surface area contributed by atoms with Gasteiger partial charge in [0.15, 0.2) is 5.13 Å². The fourth-order valence-corrected chi connectivity index (χ4v) is 2.99. The monoisotopic (exact) mass is 323 g/mol. The van der Waals surface area contributed by atoms with Crippen molar-refractivity contribution in [1.82, 2.24) is 4.98 Å². The number of hydrogen-bond acceptors (Lipinski definition) is 4. The highest BCUT2D eigenvalue weighted by molar-refractivity contribution is 7.14. The lowest BCUT2D eigenvalue weighted by Crippen LogP contribution is -2.21. The highest BCUT2D eigenvalue weighted by Crippen LogP contribution is 2.28. The topological polar surface area (TPSA) is 45.2 Å². The zero-order valence-corrected chi connectivity index (χ0v) is 13.7. The van der Waals surface area contributed by atoms with Crippen LogP contribution in [0.1, 0.15) is 13.8 Å². The summed E-state index contributed by atoms with van der Waals surface area (Å²) in [6, 6.07) is 7.61. The van der Waals surface area contributed by atoms with Crippen molar-refractivity contribution in [3.8, 4) is 11.3 Å². The van der Waals surface area contributed by atoms with Crippen molar-refractivity contribution in [2.45, 2.75) is 13.8 Å². The molecular weight excluding hydrogens is 306 g/mol. The standard InChI is InChI=1S/C15H18ClN3OS/c1-3-19(4-2)15-18-13(10-21-15)11-5-7-12(8-6-11)17-14(20)9-16/h5-8,10H,3-4,9H2,1-2H3,(H,17,20). The Morgan fingerprint density at radius 2 is 1.95 bits per heavy atom. The number of anilines is 2. The summed E-state index contributed by atoms with van der Waals surface area (Å²) >= 11 is 7.11. The van der Waals surface area contributed by atoms with Gasteiger partial charge in [-0.3, -0.25) is 4.79 Å². The first-order chi connectivity index (χ1) is 10.2. The van der Waals surface area contributed by atoms with Crippen molar-refractivity contribution in [3.63, 3.8) is 0 Å². The Morgan fingerprint density at radius 3 is 2.52 bits per heavy atom. The van der Waals surface area contributed by atoms with Crippen LogP contribution in [0.2, 0.25) is 0 Å². The predicted octanol–water partition coefficient (Wildman–Crippen LogP) is 3.83. The van der Waals surface area contributed by atoms with E-state index in [2.05, 4.69) is 34.4 Å². The molecule has 1 N–H and O–H groups in total. The van der Waals surface area contributed by atoms with Crippen molar-refractivity contribution in [2.24, 2.45) is 0 Å². The normalized spacial score (nSPS) is 10.4. The number of alkyl halides is 1. The summed E-state index contributed by atoms with van der Waals surface area (Å²) in [7, 11) is 0. The van der Waals surface area contributed by atoms with Gasteiger partial charge in [0.25, 0.3) is 0 Å². The second-order valence-electron chi connectivity index (χ2n) is 4.45. The maximum absolute atomic E-state index is 11.2. The minimum absolute atomic E-state index is 0.0406. The smallest absolute Gasteiger partial charge is 0.239 e. The number of amides is 1. The number of benzene rings is 1. The van der Waals surface area contributed by atoms with Gasteiger partial charge in [-0.05, 0) is 26.0 Å². The number of aromatic nitrogens is 1. The SMILES string of the molecule is CCN(CC)c1nc(-c2ccc(NC(=O)CCl)cc2)cs1. The van der Waals surface area contributed by atoms with E-state index >= 15 is 0 Å². The highest BCUT2D eigenvalue weighted by atomic mass is 35.5. The summed E-state index contributed by atoms with van der Waals surface area (Å²) in [5.41, 5.74) is 2.73. The Bertz CT molecular complexity index is 593. The number of halogens is 1. The number of carbonyl (C=O) groups excluding carboxylic acids is 1. The van der Waals surface area contributed by atoms with Crippen LogP contribution in [0.3, 0.4) is 0 Å². The lowest BCUT2D eigenvalue weighted by atomic mass is 10.1. The molecule has 0 fully saturated rings. The van der Waals surface area contributed by atoms with Crippen LogP contribution in [0.4, 0.5) is 10.8 Å². The first-order valence-electron chi connectivity index (χ1n) is 6.84. The molecule has 1 aromatic heterocycles. The summed E-state index contributed by atoms with van der Waals surface area (Å²) in [5, 5.41) is 5.81. The molecule has 6 heteroatoms. The van der Waals surface area contributed by atoms with E-state index in [9.17, 15) is 4.79 Å². The van der Waals surface area contributed by atoms with Gasteiger partial charge in [0.05, 0.1) is 5.69 Å². The molecule has 0 aliphatic rings. The molecule has 0 unspecified atom stereocenters. The lowest BCUT2D eigenvalue weighted by Gasteiger charge is -2.16. The molecule has 1 aromatic carbocycles. The van der Waals surface area contributed by atoms with Crippen LogP contribution in [0.5, 0.6) is 0 Å². The van der Waals surface area contributed by atoms with E-state index in [0.29, 0.717) is 0 Å². The number of carbonyl (C=O) groups is 1. The van der Waals surface area contributed by atoms with E-state index in [0.717, 1.165) is 35.2 Å². The number of nitrogens with zero attached hydrogens (tertiary/aromatic N) is 2. The van der Waals surface area contributed by atoms with Crippen LogP contribution in [0, 0.1) is 0 Å². The zero-order valence-electron chi connectivity index (χ0n) is 12.1. The third kappa shape index (κ3) is 3.95. The second kappa shape index (κ2) is 7.43. The number of rotatable bonds is 6. The van der Waals surface area contributed by atoms with Gasteiger partial charge in [-0.15, -0.1) is 22.9 Å². The molecule has 0 radical (unpaired) electrons. The molecule has 112 valence electrons. The first-order valence-corrected chi connectivity index (χ1v) is 8.26. The van der Waals surface area contributed by atoms with Gasteiger partial charge in [-0.1, -0.05) is 12.1 Å². The van der Waals surface area contributed by atoms with Crippen molar-refractivity contribution >= 4 is 39.7 Å². The van der Waals surface area contributed by atoms with E-state index in [4.69, 9.17) is 11.6 Å². The van der Waals surface area contributed by atoms with Gasteiger partial charge in [-0.25, -0.2) is 4.98 Å². The molecule has 0 saturated carbocycles. The first kappa shape index (κ1) is 15.8. The molecule has 1 heterocycles. The second-order valence-corrected chi connectivity index (χ2v) is 5.55. The average molecular weight is 324 g/mol. The molecule has 2 aromatic rings. The quantitative estimate of drug-likeness (QED) is 0.822. The summed E-state index contributed by atoms with van der Waals surface area (Å²) in [6.45, 7) is 6.15. The van der Waals surface area contributed by atoms with E-state index in [1.807, 2.05) is 24.3 Å². The molecule has 0 aliphatic heterocycles. The van der Waals surface area contributed by atoms with Crippen LogP contribution >= 0.6 is 22.9 Å². The van der Waals surface area contributed by atoms with Crippen molar-refractivity contribution in [2.75, 3.05) is 29.2 Å². The highest BCUT2D eigenvalue weighted by Gasteiger charge is 2.09. The van der Waals surface area contributed by atoms with E-state index < -0.39 is 0 Å². The number of nitrogens with one attached hydrogen (secondary N) is 1. The van der Waals surface area contributed by atoms with Crippen LogP contribution in [-0.4, -0.2) is 29.9 Å². The summed E-state index contributed by atoms with van der Waals surface area (Å²) in [5.74, 6) is -0.247. The van der Waals surface area contributed by atoms with E-state index in [1.165, 1.54) is 0 Å². The largest absolute Gasteiger partial charge is 0.349 e.